The summed E-state index contributed by atoms with van der Waals surface area (Å²) in [5.41, 5.74) is 1.35. The second kappa shape index (κ2) is 5.36. The number of hydrogen-bond donors (Lipinski definition) is 0. The summed E-state index contributed by atoms with van der Waals surface area (Å²) >= 11 is 0. The van der Waals surface area contributed by atoms with Gasteiger partial charge in [-0.1, -0.05) is 36.5 Å². The summed E-state index contributed by atoms with van der Waals surface area (Å²) in [6.07, 6.45) is 9.08. The van der Waals surface area contributed by atoms with E-state index in [-0.39, 0.29) is 0 Å². The second-order valence-electron chi connectivity index (χ2n) is 2.02. The Hall–Kier alpha value is -0.780. The average molecular weight is 122 g/mol. The quantitative estimate of drug-likeness (QED) is 0.398. The van der Waals surface area contributed by atoms with Crippen LogP contribution >= 0.6 is 0 Å². The van der Waals surface area contributed by atoms with E-state index in [0.717, 1.165) is 6.42 Å². The fourth-order valence-corrected chi connectivity index (χ4v) is 0.573. The van der Waals surface area contributed by atoms with Gasteiger partial charge in [0.2, 0.25) is 0 Å². The molecule has 0 rings (SSSR count). The average Bonchev–Trinajstić information content (AvgIpc) is 1.85. The first-order valence-corrected chi connectivity index (χ1v) is 3.20. The Morgan fingerprint density at radius 3 is 2.67 bits per heavy atom. The van der Waals surface area contributed by atoms with Gasteiger partial charge in [-0.3, -0.25) is 0 Å². The van der Waals surface area contributed by atoms with Crippen LogP contribution in [0.1, 0.15) is 20.3 Å². The standard InChI is InChI=1S/C9H14/c1-4-6-8-9(3)7-5-2/h4-7H,2,8H2,1,3H3. The van der Waals surface area contributed by atoms with Gasteiger partial charge in [-0.05, 0) is 20.3 Å². The highest BCUT2D eigenvalue weighted by Crippen LogP contribution is 1.99. The van der Waals surface area contributed by atoms with Crippen molar-refractivity contribution in [1.82, 2.24) is 0 Å². The van der Waals surface area contributed by atoms with Crippen molar-refractivity contribution in [3.63, 3.8) is 0 Å². The van der Waals surface area contributed by atoms with E-state index in [4.69, 9.17) is 0 Å². The highest BCUT2D eigenvalue weighted by molar-refractivity contribution is 5.10. The molecule has 0 amide bonds. The molecule has 0 N–H and O–H groups in total. The van der Waals surface area contributed by atoms with Crippen molar-refractivity contribution in [2.45, 2.75) is 20.3 Å². The fraction of sp³-hybridized carbons (Fsp3) is 0.333. The van der Waals surface area contributed by atoms with Gasteiger partial charge < -0.3 is 0 Å². The predicted octanol–water partition coefficient (Wildman–Crippen LogP) is 3.08. The van der Waals surface area contributed by atoms with E-state index in [2.05, 4.69) is 25.7 Å². The van der Waals surface area contributed by atoms with Crippen LogP contribution in [0.15, 0.2) is 36.5 Å². The molecule has 9 heavy (non-hydrogen) atoms. The van der Waals surface area contributed by atoms with Gasteiger partial charge in [0, 0.05) is 0 Å². The van der Waals surface area contributed by atoms with Crippen molar-refractivity contribution in [1.29, 1.82) is 0 Å². The maximum absolute atomic E-state index is 3.61. The molecule has 0 nitrogen and oxygen atoms in total. The lowest BCUT2D eigenvalue weighted by atomic mass is 10.2. The van der Waals surface area contributed by atoms with Crippen LogP contribution < -0.4 is 0 Å². The summed E-state index contributed by atoms with van der Waals surface area (Å²) in [5.74, 6) is 0. The van der Waals surface area contributed by atoms with Crippen LogP contribution in [0.25, 0.3) is 0 Å². The van der Waals surface area contributed by atoms with Gasteiger partial charge in [0.05, 0.1) is 0 Å². The van der Waals surface area contributed by atoms with Gasteiger partial charge >= 0.3 is 0 Å². The maximum atomic E-state index is 3.61. The molecule has 0 heterocycles. The summed E-state index contributed by atoms with van der Waals surface area (Å²) in [6.45, 7) is 7.74. The summed E-state index contributed by atoms with van der Waals surface area (Å²) in [6, 6.07) is 0. The Morgan fingerprint density at radius 1 is 1.56 bits per heavy atom. The number of rotatable bonds is 3. The molecule has 0 aliphatic heterocycles. The zero-order valence-electron chi connectivity index (χ0n) is 6.22. The van der Waals surface area contributed by atoms with Gasteiger partial charge in [0.1, 0.15) is 0 Å². The minimum Gasteiger partial charge on any atom is -0.0991 e. The van der Waals surface area contributed by atoms with E-state index in [9.17, 15) is 0 Å². The lowest BCUT2D eigenvalue weighted by molar-refractivity contribution is 1.21. The second-order valence-corrected chi connectivity index (χ2v) is 2.02. The third-order valence-corrected chi connectivity index (χ3v) is 1.08. The molecule has 0 aromatic carbocycles. The lowest BCUT2D eigenvalue weighted by Crippen LogP contribution is -1.68. The largest absolute Gasteiger partial charge is 0.0991 e. The van der Waals surface area contributed by atoms with Crippen molar-refractivity contribution >= 4 is 0 Å². The highest BCUT2D eigenvalue weighted by Gasteiger charge is 1.78. The van der Waals surface area contributed by atoms with E-state index < -0.39 is 0 Å². The number of hydrogen-bond acceptors (Lipinski definition) is 0. The first-order chi connectivity index (χ1) is 4.31. The van der Waals surface area contributed by atoms with Crippen LogP contribution in [0.4, 0.5) is 0 Å². The predicted molar refractivity (Wildman–Crippen MR) is 43.4 cm³/mol. The van der Waals surface area contributed by atoms with Crippen LogP contribution in [-0.4, -0.2) is 0 Å². The Kier molecular flexibility index (Phi) is 4.89. The Labute approximate surface area is 57.6 Å². The molecule has 0 aromatic heterocycles. The molecule has 0 unspecified atom stereocenters. The first kappa shape index (κ1) is 8.22. The van der Waals surface area contributed by atoms with Crippen molar-refractivity contribution in [3.05, 3.63) is 36.5 Å². The molecule has 0 atom stereocenters. The van der Waals surface area contributed by atoms with Crippen LogP contribution in [0.5, 0.6) is 0 Å². The first-order valence-electron chi connectivity index (χ1n) is 3.20. The van der Waals surface area contributed by atoms with Crippen molar-refractivity contribution in [3.8, 4) is 0 Å². The fourth-order valence-electron chi connectivity index (χ4n) is 0.573. The Morgan fingerprint density at radius 2 is 2.22 bits per heavy atom. The van der Waals surface area contributed by atoms with E-state index in [0.29, 0.717) is 0 Å². The minimum absolute atomic E-state index is 1.04. The van der Waals surface area contributed by atoms with Crippen molar-refractivity contribution < 1.29 is 0 Å². The molecular weight excluding hydrogens is 108 g/mol. The summed E-state index contributed by atoms with van der Waals surface area (Å²) in [7, 11) is 0. The van der Waals surface area contributed by atoms with Crippen LogP contribution in [-0.2, 0) is 0 Å². The molecule has 0 heteroatoms. The van der Waals surface area contributed by atoms with E-state index >= 15 is 0 Å². The maximum Gasteiger partial charge on any atom is -0.0139 e. The topological polar surface area (TPSA) is 0 Å². The molecule has 0 aromatic rings. The van der Waals surface area contributed by atoms with Crippen LogP contribution in [0, 0.1) is 0 Å². The van der Waals surface area contributed by atoms with E-state index in [1.54, 1.807) is 0 Å². The Bertz CT molecular complexity index is 127. The minimum atomic E-state index is 1.04. The van der Waals surface area contributed by atoms with Crippen LogP contribution in [0.3, 0.4) is 0 Å². The summed E-state index contributed by atoms with van der Waals surface area (Å²) in [4.78, 5) is 0. The zero-order valence-corrected chi connectivity index (χ0v) is 6.22. The van der Waals surface area contributed by atoms with Gasteiger partial charge in [-0.15, -0.1) is 0 Å². The molecule has 50 valence electrons. The van der Waals surface area contributed by atoms with E-state index in [1.165, 1.54) is 5.57 Å². The SMILES string of the molecule is C=CC=C(C)CC=CC. The van der Waals surface area contributed by atoms with E-state index in [1.807, 2.05) is 19.1 Å². The molecule has 0 aliphatic carbocycles. The summed E-state index contributed by atoms with van der Waals surface area (Å²) in [5, 5.41) is 0. The molecule has 0 aliphatic rings. The molecule has 0 saturated heterocycles. The smallest absolute Gasteiger partial charge is 0.0139 e. The highest BCUT2D eigenvalue weighted by atomic mass is 13.9. The third-order valence-electron chi connectivity index (χ3n) is 1.08. The molecule has 0 bridgehead atoms. The number of allylic oxidation sites excluding steroid dienone is 5. The molecular formula is C9H14. The van der Waals surface area contributed by atoms with Crippen molar-refractivity contribution in [2.24, 2.45) is 0 Å². The van der Waals surface area contributed by atoms with Gasteiger partial charge in [0.25, 0.3) is 0 Å². The molecule has 0 fully saturated rings. The zero-order chi connectivity index (χ0) is 7.11. The summed E-state index contributed by atoms with van der Waals surface area (Å²) < 4.78 is 0. The van der Waals surface area contributed by atoms with Crippen molar-refractivity contribution in [2.75, 3.05) is 0 Å². The third kappa shape index (κ3) is 5.09. The lowest BCUT2D eigenvalue weighted by Gasteiger charge is -1.89. The van der Waals surface area contributed by atoms with Gasteiger partial charge in [-0.2, -0.15) is 0 Å². The molecule has 0 spiro atoms. The molecule has 0 radical (unpaired) electrons. The molecule has 0 saturated carbocycles. The monoisotopic (exact) mass is 122 g/mol. The van der Waals surface area contributed by atoms with Gasteiger partial charge in [-0.25, -0.2) is 0 Å². The Balaban J connectivity index is 3.61. The van der Waals surface area contributed by atoms with Crippen LogP contribution in [0.2, 0.25) is 0 Å². The normalized spacial score (nSPS) is 12.4. The van der Waals surface area contributed by atoms with Gasteiger partial charge in [0.15, 0.2) is 0 Å².